The summed E-state index contributed by atoms with van der Waals surface area (Å²) in [6, 6.07) is 19.2. The molecule has 0 saturated carbocycles. The van der Waals surface area contributed by atoms with E-state index in [9.17, 15) is 13.6 Å². The number of rotatable bonds is 6. The van der Waals surface area contributed by atoms with Crippen LogP contribution in [-0.4, -0.2) is 56.3 Å². The van der Waals surface area contributed by atoms with Gasteiger partial charge < -0.3 is 0 Å². The molecule has 0 atom stereocenters. The van der Waals surface area contributed by atoms with Gasteiger partial charge in [0.1, 0.15) is 0 Å². The van der Waals surface area contributed by atoms with Gasteiger partial charge in [-0.1, -0.05) is 36.4 Å². The predicted molar refractivity (Wildman–Crippen MR) is 131 cm³/mol. The molecule has 0 spiro atoms. The van der Waals surface area contributed by atoms with Crippen molar-refractivity contribution in [2.45, 2.75) is 6.43 Å². The minimum absolute atomic E-state index is 0.153. The van der Waals surface area contributed by atoms with Crippen LogP contribution in [0.3, 0.4) is 0 Å². The van der Waals surface area contributed by atoms with E-state index in [0.717, 1.165) is 22.5 Å². The zero-order chi connectivity index (χ0) is 24.2. The molecule has 4 aromatic rings. The smallest absolute Gasteiger partial charge is 0.251 e. The van der Waals surface area contributed by atoms with Crippen molar-refractivity contribution in [2.75, 3.05) is 19.6 Å². The minimum atomic E-state index is -2.49. The monoisotopic (exact) mass is 471 g/mol. The summed E-state index contributed by atoms with van der Waals surface area (Å²) in [5, 5.41) is 8.73. The predicted octanol–water partition coefficient (Wildman–Crippen LogP) is 4.67. The first-order valence-electron chi connectivity index (χ1n) is 11.2. The summed E-state index contributed by atoms with van der Waals surface area (Å²) in [7, 11) is 0. The third-order valence-corrected chi connectivity index (χ3v) is 5.70. The summed E-state index contributed by atoms with van der Waals surface area (Å²) in [4.78, 5) is 14.9. The maximum atomic E-state index is 13.3. The number of hydrogen-bond donors (Lipinski definition) is 0. The lowest BCUT2D eigenvalue weighted by Crippen LogP contribution is -2.40. The average Bonchev–Trinajstić information content (AvgIpc) is 3.53. The van der Waals surface area contributed by atoms with Gasteiger partial charge in [-0.2, -0.15) is 10.2 Å². The van der Waals surface area contributed by atoms with Gasteiger partial charge in [0.25, 0.3) is 6.43 Å². The number of likely N-dealkylation sites (tertiary alicyclic amines) is 1. The van der Waals surface area contributed by atoms with Crippen LogP contribution in [0.4, 0.5) is 8.78 Å². The Labute approximate surface area is 201 Å². The standard InChI is InChI=1S/C27H23F2N5O/c28-26(29)19-32-17-22(11-20-13-30-33(15-20)24-7-3-1-4-8-24)27(35)23(18-32)12-21-14-31-34(16-21)25-9-5-2-6-10-25/h1-16,26H,17-19H2. The molecule has 5 rings (SSSR count). The average molecular weight is 472 g/mol. The fraction of sp³-hybridized carbons (Fsp3) is 0.148. The molecule has 8 heteroatoms. The van der Waals surface area contributed by atoms with Crippen molar-refractivity contribution in [2.24, 2.45) is 0 Å². The molecule has 2 aromatic carbocycles. The Morgan fingerprint density at radius 3 is 1.66 bits per heavy atom. The Kier molecular flexibility index (Phi) is 6.45. The van der Waals surface area contributed by atoms with Crippen molar-refractivity contribution in [1.29, 1.82) is 0 Å². The Morgan fingerprint density at radius 2 is 1.23 bits per heavy atom. The van der Waals surface area contributed by atoms with E-state index in [1.165, 1.54) is 0 Å². The van der Waals surface area contributed by atoms with E-state index in [4.69, 9.17) is 0 Å². The minimum Gasteiger partial charge on any atom is -0.289 e. The molecule has 1 aliphatic heterocycles. The number of carbonyl (C=O) groups excluding carboxylic acids is 1. The molecule has 0 bridgehead atoms. The molecule has 0 unspecified atom stereocenters. The van der Waals surface area contributed by atoms with Gasteiger partial charge >= 0.3 is 0 Å². The van der Waals surface area contributed by atoms with E-state index in [2.05, 4.69) is 10.2 Å². The third-order valence-electron chi connectivity index (χ3n) is 5.70. The molecule has 2 aromatic heterocycles. The van der Waals surface area contributed by atoms with Crippen molar-refractivity contribution >= 4 is 17.9 Å². The number of halogens is 2. The molecular weight excluding hydrogens is 448 g/mol. The Balaban J connectivity index is 1.43. The topological polar surface area (TPSA) is 56.0 Å². The van der Waals surface area contributed by atoms with Crippen LogP contribution in [0.15, 0.2) is 96.6 Å². The van der Waals surface area contributed by atoms with Crippen molar-refractivity contribution < 1.29 is 13.6 Å². The Hall–Kier alpha value is -4.17. The normalized spacial score (nSPS) is 17.1. The fourth-order valence-electron chi connectivity index (χ4n) is 4.10. The number of hydrogen-bond acceptors (Lipinski definition) is 4. The number of carbonyl (C=O) groups is 1. The van der Waals surface area contributed by atoms with Crippen LogP contribution in [0.2, 0.25) is 0 Å². The number of benzene rings is 2. The summed E-state index contributed by atoms with van der Waals surface area (Å²) < 4.78 is 29.9. The molecular formula is C27H23F2N5O. The molecule has 0 radical (unpaired) electrons. The van der Waals surface area contributed by atoms with E-state index in [-0.39, 0.29) is 18.9 Å². The summed E-state index contributed by atoms with van der Waals surface area (Å²) in [6.07, 6.45) is 7.91. The van der Waals surface area contributed by atoms with Crippen LogP contribution >= 0.6 is 0 Å². The lowest BCUT2D eigenvalue weighted by Gasteiger charge is -2.29. The highest BCUT2D eigenvalue weighted by Crippen LogP contribution is 2.23. The quantitative estimate of drug-likeness (QED) is 0.384. The molecule has 0 amide bonds. The van der Waals surface area contributed by atoms with Crippen LogP contribution in [-0.2, 0) is 4.79 Å². The SMILES string of the molecule is O=C1C(=Cc2cnn(-c3ccccc3)c2)CN(CC(F)F)CC1=Cc1cnn(-c2ccccc2)c1. The number of piperidine rings is 1. The van der Waals surface area contributed by atoms with E-state index < -0.39 is 13.0 Å². The van der Waals surface area contributed by atoms with Gasteiger partial charge in [0.15, 0.2) is 5.78 Å². The van der Waals surface area contributed by atoms with Crippen molar-refractivity contribution in [1.82, 2.24) is 24.5 Å². The van der Waals surface area contributed by atoms with Crippen LogP contribution in [0.5, 0.6) is 0 Å². The lowest BCUT2D eigenvalue weighted by molar-refractivity contribution is -0.113. The summed E-state index contributed by atoms with van der Waals surface area (Å²) in [6.45, 7) is -0.102. The number of aromatic nitrogens is 4. The van der Waals surface area contributed by atoms with Gasteiger partial charge in [-0.3, -0.25) is 9.69 Å². The second-order valence-corrected chi connectivity index (χ2v) is 8.34. The maximum absolute atomic E-state index is 13.3. The van der Waals surface area contributed by atoms with Crippen LogP contribution in [0.25, 0.3) is 23.5 Å². The summed E-state index contributed by atoms with van der Waals surface area (Å²) in [5.74, 6) is -0.157. The zero-order valence-corrected chi connectivity index (χ0v) is 18.8. The third kappa shape index (κ3) is 5.33. The number of nitrogens with zero attached hydrogens (tertiary/aromatic N) is 5. The van der Waals surface area contributed by atoms with Crippen LogP contribution < -0.4 is 0 Å². The van der Waals surface area contributed by atoms with E-state index in [1.54, 1.807) is 38.8 Å². The first-order valence-corrected chi connectivity index (χ1v) is 11.2. The number of ketones is 1. The molecule has 1 aliphatic rings. The maximum Gasteiger partial charge on any atom is 0.251 e. The van der Waals surface area contributed by atoms with E-state index >= 15 is 0 Å². The van der Waals surface area contributed by atoms with Gasteiger partial charge in [0, 0.05) is 47.8 Å². The number of para-hydroxylation sites is 2. The van der Waals surface area contributed by atoms with Gasteiger partial charge in [-0.25, -0.2) is 18.1 Å². The Bertz CT molecular complexity index is 1270. The van der Waals surface area contributed by atoms with Gasteiger partial charge in [0.2, 0.25) is 0 Å². The first-order chi connectivity index (χ1) is 17.0. The molecule has 3 heterocycles. The van der Waals surface area contributed by atoms with Crippen molar-refractivity contribution in [3.63, 3.8) is 0 Å². The van der Waals surface area contributed by atoms with Gasteiger partial charge in [-0.15, -0.1) is 0 Å². The van der Waals surface area contributed by atoms with Crippen LogP contribution in [0.1, 0.15) is 11.1 Å². The largest absolute Gasteiger partial charge is 0.289 e. The summed E-state index contributed by atoms with van der Waals surface area (Å²) >= 11 is 0. The lowest BCUT2D eigenvalue weighted by atomic mass is 9.95. The zero-order valence-electron chi connectivity index (χ0n) is 18.8. The molecule has 1 saturated heterocycles. The molecule has 35 heavy (non-hydrogen) atoms. The number of alkyl halides is 2. The first kappa shape index (κ1) is 22.6. The number of Topliss-reactive ketones (excluding diaryl/α,β-unsaturated/α-hetero) is 1. The van der Waals surface area contributed by atoms with E-state index in [0.29, 0.717) is 11.1 Å². The highest BCUT2D eigenvalue weighted by atomic mass is 19.3. The van der Waals surface area contributed by atoms with Crippen molar-refractivity contribution in [3.05, 3.63) is 108 Å². The second-order valence-electron chi connectivity index (χ2n) is 8.34. The van der Waals surface area contributed by atoms with Crippen molar-refractivity contribution in [3.8, 4) is 11.4 Å². The van der Waals surface area contributed by atoms with Gasteiger partial charge in [0.05, 0.1) is 30.3 Å². The highest BCUT2D eigenvalue weighted by Gasteiger charge is 2.28. The van der Waals surface area contributed by atoms with Crippen LogP contribution in [0, 0.1) is 0 Å². The molecule has 176 valence electrons. The summed E-state index contributed by atoms with van der Waals surface area (Å²) in [5.41, 5.74) is 4.14. The Morgan fingerprint density at radius 1 is 0.771 bits per heavy atom. The molecule has 0 aliphatic carbocycles. The van der Waals surface area contributed by atoms with Gasteiger partial charge in [-0.05, 0) is 36.4 Å². The molecule has 0 N–H and O–H groups in total. The molecule has 6 nitrogen and oxygen atoms in total. The highest BCUT2D eigenvalue weighted by molar-refractivity contribution is 6.14. The fourth-order valence-corrected chi connectivity index (χ4v) is 4.10. The molecule has 1 fully saturated rings. The second kappa shape index (κ2) is 9.99. The van der Waals surface area contributed by atoms with E-state index in [1.807, 2.05) is 73.1 Å².